The molecule has 7 N–H and O–H groups in total. The minimum absolute atomic E-state index is 0.138. The van der Waals surface area contributed by atoms with E-state index in [-0.39, 0.29) is 29.2 Å². The monoisotopic (exact) mass is 1140 g/mol. The highest BCUT2D eigenvalue weighted by molar-refractivity contribution is 6.68. The van der Waals surface area contributed by atoms with Crippen molar-refractivity contribution in [2.45, 2.75) is 25.4 Å². The normalized spacial score (nSPS) is 12.8. The number of alkyl halides is 12. The third-order valence-electron chi connectivity index (χ3n) is 8.22. The molecule has 77 heavy (non-hydrogen) atoms. The van der Waals surface area contributed by atoms with Crippen molar-refractivity contribution in [1.29, 1.82) is 0 Å². The number of methoxy groups -OCH3 is 2. The molecule has 0 radical (unpaired) electrons. The number of pyridine rings is 2. The molecule has 0 bridgehead atoms. The number of carbonyl (C=O) groups excluding carboxylic acids is 4. The number of hydrogen-bond donors (Lipinski definition) is 4. The molecule has 0 unspecified atom stereocenters. The molecular weight excluding hydrogens is 1110 g/mol. The standard InChI is InChI=1S/C22H14F7N3O6.C16H8ClF7O5.C6H7N3O/c1-35-16-7-11(37-21(24,25)26)3-5-15(16)36-17-8-12(38-22(27,28)29)6-13(23)18(17)20(34)32-10-2-4-14(19(30)33)31-9-10;1-26-11-5-7(28-15(19,20)21)2-3-10(11)27-12-6-8(29-16(22,23)24)4-9(18)13(12)14(17)25;7-4-1-2-5(6(8)10)9-3-4/h2-9H,1H3,(H2,30,33)(H,32,34);2-6H,1H3;1-3H,7H2,(H2,8,10)/i2*1D3;. The fourth-order valence-electron chi connectivity index (χ4n) is 5.37. The second-order valence-corrected chi connectivity index (χ2v) is 14.1. The van der Waals surface area contributed by atoms with Crippen LogP contribution in [0, 0.1) is 11.6 Å². The predicted molar refractivity (Wildman–Crippen MR) is 234 cm³/mol. The number of nitrogens with zero attached hydrogens (tertiary/aromatic N) is 2. The Balaban J connectivity index is 0.000000311. The Morgan fingerprint density at radius 2 is 0.909 bits per heavy atom. The minimum atomic E-state index is -5.33. The van der Waals surface area contributed by atoms with E-state index in [9.17, 15) is 76.3 Å². The molecule has 0 spiro atoms. The quantitative estimate of drug-likeness (QED) is 0.0551. The van der Waals surface area contributed by atoms with Crippen LogP contribution in [0.5, 0.6) is 57.5 Å². The van der Waals surface area contributed by atoms with Gasteiger partial charge in [-0.3, -0.25) is 19.2 Å². The van der Waals surface area contributed by atoms with Gasteiger partial charge in [0.15, 0.2) is 23.0 Å². The lowest BCUT2D eigenvalue weighted by Crippen LogP contribution is -2.19. The summed E-state index contributed by atoms with van der Waals surface area (Å²) in [5.74, 6) is -15.7. The summed E-state index contributed by atoms with van der Waals surface area (Å²) < 4.78 is 257. The zero-order chi connectivity index (χ0) is 62.8. The average Bonchev–Trinajstić information content (AvgIpc) is 3.28. The number of aromatic nitrogens is 2. The number of halogens is 15. The SMILES string of the molecule is NC(=O)c1ccc(N)cn1.[2H]C([2H])([2H])Oc1cc(OC(F)(F)F)ccc1Oc1cc(OC(F)(F)F)cc(F)c1C(=O)Cl.[2H]C([2H])([2H])Oc1cc(OC(F)(F)F)ccc1Oc1cc(OC(F)(F)F)cc(F)c1C(=O)Nc1ccc(C(N)=O)nc1. The molecule has 6 rings (SSSR count). The molecule has 0 aliphatic rings. The number of amides is 3. The lowest BCUT2D eigenvalue weighted by atomic mass is 10.1. The van der Waals surface area contributed by atoms with Crippen LogP contribution in [-0.2, 0) is 0 Å². The van der Waals surface area contributed by atoms with Gasteiger partial charge in [0.1, 0.15) is 68.6 Å². The van der Waals surface area contributed by atoms with Gasteiger partial charge in [0, 0.05) is 36.4 Å². The summed E-state index contributed by atoms with van der Waals surface area (Å²) in [6.45, 7) is 0. The van der Waals surface area contributed by atoms with Gasteiger partial charge in [-0.15, -0.1) is 52.7 Å². The van der Waals surface area contributed by atoms with Crippen LogP contribution < -0.4 is 60.4 Å². The van der Waals surface area contributed by atoms with E-state index in [1.54, 1.807) is 6.07 Å². The maximum atomic E-state index is 15.0. The molecule has 0 atom stereocenters. The van der Waals surface area contributed by atoms with Crippen LogP contribution in [0.1, 0.15) is 49.9 Å². The Bertz CT molecular complexity index is 3320. The van der Waals surface area contributed by atoms with Crippen LogP contribution in [0.15, 0.2) is 97.3 Å². The first kappa shape index (κ1) is 51.3. The summed E-state index contributed by atoms with van der Waals surface area (Å²) in [5.41, 5.74) is 13.6. The molecule has 6 aromatic rings. The first-order chi connectivity index (χ1) is 37.9. The Morgan fingerprint density at radius 1 is 0.519 bits per heavy atom. The zero-order valence-electron chi connectivity index (χ0n) is 42.9. The van der Waals surface area contributed by atoms with E-state index in [0.717, 1.165) is 18.3 Å². The van der Waals surface area contributed by atoms with Crippen molar-refractivity contribution >= 4 is 45.9 Å². The molecular formula is C44H29ClF14N6O12. The van der Waals surface area contributed by atoms with Crippen LogP contribution in [-0.4, -0.2) is 72.5 Å². The van der Waals surface area contributed by atoms with Gasteiger partial charge in [0.25, 0.3) is 23.0 Å². The number of primary amides is 2. The largest absolute Gasteiger partial charge is 0.573 e. The van der Waals surface area contributed by atoms with Gasteiger partial charge in [-0.25, -0.2) is 18.7 Å². The van der Waals surface area contributed by atoms with Gasteiger partial charge in [-0.05, 0) is 60.1 Å². The highest BCUT2D eigenvalue weighted by Crippen LogP contribution is 2.42. The number of nitrogens with two attached hydrogens (primary N) is 3. The van der Waals surface area contributed by atoms with Gasteiger partial charge < -0.3 is 60.4 Å². The smallest absolute Gasteiger partial charge is 0.493 e. The van der Waals surface area contributed by atoms with Gasteiger partial charge in [0.2, 0.25) is 0 Å². The van der Waals surface area contributed by atoms with E-state index in [2.05, 4.69) is 43.7 Å². The van der Waals surface area contributed by atoms with Crippen molar-refractivity contribution in [3.63, 3.8) is 0 Å². The van der Waals surface area contributed by atoms with E-state index in [4.69, 9.17) is 46.5 Å². The van der Waals surface area contributed by atoms with Crippen molar-refractivity contribution in [3.8, 4) is 57.5 Å². The van der Waals surface area contributed by atoms with Crippen LogP contribution in [0.2, 0.25) is 0 Å². The lowest BCUT2D eigenvalue weighted by Gasteiger charge is -2.17. The van der Waals surface area contributed by atoms with E-state index in [1.807, 2.05) is 0 Å². The Kier molecular flexibility index (Phi) is 16.6. The lowest BCUT2D eigenvalue weighted by molar-refractivity contribution is -0.275. The summed E-state index contributed by atoms with van der Waals surface area (Å²) in [6.07, 6.45) is -18.6. The molecule has 0 aliphatic carbocycles. The molecule has 4 aromatic carbocycles. The highest BCUT2D eigenvalue weighted by Gasteiger charge is 2.36. The fourth-order valence-corrected chi connectivity index (χ4v) is 5.55. The summed E-state index contributed by atoms with van der Waals surface area (Å²) in [6, 6.07) is 9.87. The van der Waals surface area contributed by atoms with Crippen LogP contribution in [0.3, 0.4) is 0 Å². The highest BCUT2D eigenvalue weighted by atomic mass is 35.5. The molecule has 0 saturated carbocycles. The molecule has 33 heteroatoms. The maximum absolute atomic E-state index is 15.0. The van der Waals surface area contributed by atoms with Crippen molar-refractivity contribution < 1.29 is 127 Å². The van der Waals surface area contributed by atoms with E-state index < -0.39 is 143 Å². The van der Waals surface area contributed by atoms with E-state index in [1.165, 1.54) is 12.3 Å². The third-order valence-corrected chi connectivity index (χ3v) is 8.40. The first-order valence-corrected chi connectivity index (χ1v) is 19.8. The molecule has 0 aliphatic heterocycles. The fraction of sp³-hybridized carbons (Fsp3) is 0.136. The summed E-state index contributed by atoms with van der Waals surface area (Å²) in [4.78, 5) is 53.3. The number of rotatable bonds is 15. The molecule has 0 fully saturated rings. The molecule has 2 aromatic heterocycles. The van der Waals surface area contributed by atoms with Crippen molar-refractivity contribution in [2.75, 3.05) is 25.1 Å². The van der Waals surface area contributed by atoms with Crippen molar-refractivity contribution in [3.05, 3.63) is 131 Å². The average molecular weight is 1140 g/mol. The van der Waals surface area contributed by atoms with Crippen molar-refractivity contribution in [2.24, 2.45) is 11.5 Å². The van der Waals surface area contributed by atoms with Crippen LogP contribution in [0.25, 0.3) is 0 Å². The van der Waals surface area contributed by atoms with Gasteiger partial charge >= 0.3 is 25.4 Å². The van der Waals surface area contributed by atoms with Crippen LogP contribution >= 0.6 is 11.6 Å². The van der Waals surface area contributed by atoms with Gasteiger partial charge in [-0.1, -0.05) is 0 Å². The second-order valence-electron chi connectivity index (χ2n) is 13.7. The third kappa shape index (κ3) is 19.2. The summed E-state index contributed by atoms with van der Waals surface area (Å²) in [5, 5.41) is 0.622. The molecule has 0 saturated heterocycles. The first-order valence-electron chi connectivity index (χ1n) is 22.4. The summed E-state index contributed by atoms with van der Waals surface area (Å²) in [7, 11) is -6.52. The number of hydrogen-bond acceptors (Lipinski definition) is 15. The Labute approximate surface area is 433 Å². The number of nitrogen functional groups attached to an aromatic ring is 1. The molecule has 2 heterocycles. The zero-order valence-corrected chi connectivity index (χ0v) is 37.7. The number of anilines is 2. The van der Waals surface area contributed by atoms with Gasteiger partial charge in [0.05, 0.1) is 46.1 Å². The van der Waals surface area contributed by atoms with Gasteiger partial charge in [-0.2, -0.15) is 0 Å². The number of nitrogens with one attached hydrogen (secondary N) is 1. The molecule has 18 nitrogen and oxygen atoms in total. The number of benzene rings is 4. The number of carbonyl (C=O) groups is 4. The van der Waals surface area contributed by atoms with E-state index >= 15 is 4.39 Å². The molecule has 3 amide bonds. The maximum Gasteiger partial charge on any atom is 0.573 e. The van der Waals surface area contributed by atoms with Crippen molar-refractivity contribution in [1.82, 2.24) is 9.97 Å². The summed E-state index contributed by atoms with van der Waals surface area (Å²) >= 11 is 5.22. The Hall–Kier alpha value is -9.23. The van der Waals surface area contributed by atoms with E-state index in [0.29, 0.717) is 54.2 Å². The molecule has 412 valence electrons. The number of ether oxygens (including phenoxy) is 8. The second kappa shape index (κ2) is 24.9. The Morgan fingerprint density at radius 3 is 1.27 bits per heavy atom. The predicted octanol–water partition coefficient (Wildman–Crippen LogP) is 10.7. The van der Waals surface area contributed by atoms with Crippen LogP contribution in [0.4, 0.5) is 72.8 Å². The topological polar surface area (TPSA) is 258 Å². The minimum Gasteiger partial charge on any atom is -0.493 e.